The molecule has 3 fully saturated rings. The van der Waals surface area contributed by atoms with E-state index in [1.54, 1.807) is 55.5 Å². The molecule has 0 spiro atoms. The molecule has 0 bridgehead atoms. The molecular weight excluding hydrogens is 601 g/mol. The fourth-order valence-electron chi connectivity index (χ4n) is 7.94. The number of anilines is 1. The van der Waals surface area contributed by atoms with Crippen molar-refractivity contribution < 1.29 is 22.3 Å². The Balaban J connectivity index is 1.08. The lowest BCUT2D eigenvalue weighted by atomic mass is 9.65. The van der Waals surface area contributed by atoms with Gasteiger partial charge in [0.05, 0.1) is 15.7 Å². The van der Waals surface area contributed by atoms with E-state index in [9.17, 15) is 17.6 Å². The number of hydrogen-bond donors (Lipinski definition) is 0. The highest BCUT2D eigenvalue weighted by molar-refractivity contribution is 7.91. The molecule has 1 aliphatic carbocycles. The second-order valence-electron chi connectivity index (χ2n) is 13.0. The van der Waals surface area contributed by atoms with Crippen molar-refractivity contribution in [2.24, 2.45) is 17.8 Å². The van der Waals surface area contributed by atoms with Crippen LogP contribution in [-0.2, 0) is 24.9 Å². The summed E-state index contributed by atoms with van der Waals surface area (Å²) in [6, 6.07) is 22.2. The van der Waals surface area contributed by atoms with E-state index < -0.39 is 15.4 Å². The standard InChI is InChI=1S/C37H42FN3O4S/c1-3-36(42)45-35-14-8-13-34(35)37(39-2,29-9-7-10-30(38)23-29)28-19-21-40(22-20-28)24-27-25-41(26-27)31-15-17-33(18-16-31)46(43,44)32-11-5-4-6-12-32/h4-7,9-12,15-18,23,27-28,34-35H,3,8,13-14,19-22,24-26H2,1H3/t34-,35-,37+/m0/s1. The van der Waals surface area contributed by atoms with E-state index in [0.717, 1.165) is 70.5 Å². The fraction of sp³-hybridized carbons (Fsp3) is 0.459. The van der Waals surface area contributed by atoms with Gasteiger partial charge in [-0.2, -0.15) is 0 Å². The number of piperidine rings is 1. The molecule has 0 amide bonds. The third-order valence-corrected chi connectivity index (χ3v) is 12.1. The molecule has 0 N–H and O–H groups in total. The topological polar surface area (TPSA) is 71.3 Å². The molecule has 2 saturated heterocycles. The van der Waals surface area contributed by atoms with Gasteiger partial charge in [0, 0.05) is 49.1 Å². The Morgan fingerprint density at radius 2 is 1.65 bits per heavy atom. The summed E-state index contributed by atoms with van der Waals surface area (Å²) in [6.45, 7) is 14.8. The van der Waals surface area contributed by atoms with E-state index in [1.807, 2.05) is 18.2 Å². The molecule has 2 aliphatic heterocycles. The van der Waals surface area contributed by atoms with Crippen molar-refractivity contribution in [1.29, 1.82) is 0 Å². The molecule has 0 radical (unpaired) electrons. The number of carbonyl (C=O) groups excluding carboxylic acids is 1. The van der Waals surface area contributed by atoms with Gasteiger partial charge >= 0.3 is 5.97 Å². The second kappa shape index (κ2) is 13.5. The van der Waals surface area contributed by atoms with E-state index in [1.165, 1.54) is 12.1 Å². The number of rotatable bonds is 10. The summed E-state index contributed by atoms with van der Waals surface area (Å²) in [4.78, 5) is 22.0. The number of sulfone groups is 1. The van der Waals surface area contributed by atoms with E-state index in [4.69, 9.17) is 11.3 Å². The summed E-state index contributed by atoms with van der Waals surface area (Å²) < 4.78 is 46.3. The lowest BCUT2D eigenvalue weighted by Gasteiger charge is -2.46. The molecular formula is C37H42FN3O4S. The molecule has 1 saturated carbocycles. The Morgan fingerprint density at radius 1 is 0.957 bits per heavy atom. The first-order valence-corrected chi connectivity index (χ1v) is 17.9. The van der Waals surface area contributed by atoms with Crippen LogP contribution >= 0.6 is 0 Å². The molecule has 3 aliphatic rings. The lowest BCUT2D eigenvalue weighted by Crippen LogP contribution is -2.54. The van der Waals surface area contributed by atoms with Gasteiger partial charge in [-0.15, -0.1) is 0 Å². The number of carbonyl (C=O) groups is 1. The van der Waals surface area contributed by atoms with Gasteiger partial charge in [-0.3, -0.25) is 4.79 Å². The molecule has 3 aromatic rings. The zero-order chi connectivity index (χ0) is 32.3. The minimum Gasteiger partial charge on any atom is -0.462 e. The fourth-order valence-corrected chi connectivity index (χ4v) is 9.22. The van der Waals surface area contributed by atoms with Crippen LogP contribution in [0.25, 0.3) is 4.85 Å². The molecule has 9 heteroatoms. The average Bonchev–Trinajstić information content (AvgIpc) is 3.52. The lowest BCUT2D eigenvalue weighted by molar-refractivity contribution is -0.152. The van der Waals surface area contributed by atoms with Gasteiger partial charge in [0.15, 0.2) is 0 Å². The number of esters is 1. The Bertz CT molecular complexity index is 1660. The highest BCUT2D eigenvalue weighted by atomic mass is 32.2. The minimum atomic E-state index is -3.54. The van der Waals surface area contributed by atoms with Crippen molar-refractivity contribution in [1.82, 2.24) is 4.90 Å². The highest BCUT2D eigenvalue weighted by Gasteiger charge is 2.58. The largest absolute Gasteiger partial charge is 0.462 e. The van der Waals surface area contributed by atoms with Crippen LogP contribution in [0.4, 0.5) is 10.1 Å². The average molecular weight is 644 g/mol. The van der Waals surface area contributed by atoms with Crippen LogP contribution in [0.15, 0.2) is 88.7 Å². The van der Waals surface area contributed by atoms with Gasteiger partial charge in [-0.05, 0) is 93.7 Å². The third-order valence-electron chi connectivity index (χ3n) is 10.3. The quantitative estimate of drug-likeness (QED) is 0.180. The van der Waals surface area contributed by atoms with Crippen molar-refractivity contribution >= 4 is 21.5 Å². The Morgan fingerprint density at radius 3 is 2.30 bits per heavy atom. The summed E-state index contributed by atoms with van der Waals surface area (Å²) in [6.07, 6.45) is 4.06. The SMILES string of the molecule is [C-]#[N+][C@@](c1cccc(F)c1)(C1CCN(CC2CN(c3ccc(S(=O)(=O)c4ccccc4)cc3)C2)CC1)[C@H]1CCC[C@@H]1OC(=O)CC. The monoisotopic (exact) mass is 643 g/mol. The molecule has 242 valence electrons. The third kappa shape index (κ3) is 6.30. The second-order valence-corrected chi connectivity index (χ2v) is 15.0. The maximum absolute atomic E-state index is 14.6. The summed E-state index contributed by atoms with van der Waals surface area (Å²) in [5, 5.41) is 0. The summed E-state index contributed by atoms with van der Waals surface area (Å²) in [5.41, 5.74) is 0.799. The molecule has 3 aromatic carbocycles. The Labute approximate surface area is 272 Å². The predicted molar refractivity (Wildman–Crippen MR) is 175 cm³/mol. The van der Waals surface area contributed by atoms with Crippen LogP contribution in [0.1, 0.15) is 51.0 Å². The molecule has 3 atom stereocenters. The van der Waals surface area contributed by atoms with E-state index >= 15 is 0 Å². The van der Waals surface area contributed by atoms with Crippen molar-refractivity contribution in [2.45, 2.75) is 66.9 Å². The van der Waals surface area contributed by atoms with Gasteiger partial charge in [-0.1, -0.05) is 37.3 Å². The molecule has 7 nitrogen and oxygen atoms in total. The number of hydrogen-bond acceptors (Lipinski definition) is 6. The number of ether oxygens (including phenoxy) is 1. The van der Waals surface area contributed by atoms with Crippen LogP contribution in [0, 0.1) is 30.1 Å². The van der Waals surface area contributed by atoms with Crippen molar-refractivity contribution in [3.63, 3.8) is 0 Å². The highest BCUT2D eigenvalue weighted by Crippen LogP contribution is 2.52. The molecule has 0 unspecified atom stereocenters. The molecule has 6 rings (SSSR count). The number of nitrogens with zero attached hydrogens (tertiary/aromatic N) is 3. The maximum Gasteiger partial charge on any atom is 0.305 e. The van der Waals surface area contributed by atoms with Crippen LogP contribution in [-0.4, -0.2) is 58.1 Å². The van der Waals surface area contributed by atoms with Gasteiger partial charge in [0.2, 0.25) is 9.84 Å². The normalized spacial score (nSPS) is 22.5. The van der Waals surface area contributed by atoms with Crippen LogP contribution in [0.2, 0.25) is 0 Å². The van der Waals surface area contributed by atoms with E-state index in [0.29, 0.717) is 27.7 Å². The smallest absolute Gasteiger partial charge is 0.305 e. The van der Waals surface area contributed by atoms with Crippen LogP contribution in [0.5, 0.6) is 0 Å². The first-order chi connectivity index (χ1) is 22.2. The molecule has 46 heavy (non-hydrogen) atoms. The number of likely N-dealkylation sites (tertiary alicyclic amines) is 1. The number of halogens is 1. The molecule has 0 aromatic heterocycles. The number of benzene rings is 3. The Kier molecular flexibility index (Phi) is 9.49. The van der Waals surface area contributed by atoms with Crippen LogP contribution < -0.4 is 4.90 Å². The van der Waals surface area contributed by atoms with E-state index in [2.05, 4.69) is 14.6 Å². The van der Waals surface area contributed by atoms with E-state index in [-0.39, 0.29) is 29.7 Å². The summed E-state index contributed by atoms with van der Waals surface area (Å²) in [7, 11) is -3.54. The van der Waals surface area contributed by atoms with Gasteiger partial charge in [0.25, 0.3) is 5.54 Å². The van der Waals surface area contributed by atoms with Gasteiger partial charge in [-0.25, -0.2) is 19.4 Å². The van der Waals surface area contributed by atoms with Gasteiger partial charge in [0.1, 0.15) is 11.9 Å². The minimum absolute atomic E-state index is 0.0394. The maximum atomic E-state index is 14.6. The van der Waals surface area contributed by atoms with Crippen LogP contribution in [0.3, 0.4) is 0 Å². The summed E-state index contributed by atoms with van der Waals surface area (Å²) in [5.74, 6) is -0.200. The van der Waals surface area contributed by atoms with Crippen molar-refractivity contribution in [3.05, 3.63) is 102 Å². The predicted octanol–water partition coefficient (Wildman–Crippen LogP) is 6.74. The Hall–Kier alpha value is -3.74. The zero-order valence-electron chi connectivity index (χ0n) is 26.4. The molecule has 2 heterocycles. The van der Waals surface area contributed by atoms with Crippen molar-refractivity contribution in [2.75, 3.05) is 37.6 Å². The first kappa shape index (κ1) is 32.2. The zero-order valence-corrected chi connectivity index (χ0v) is 27.2. The van der Waals surface area contributed by atoms with Gasteiger partial charge < -0.3 is 19.4 Å². The summed E-state index contributed by atoms with van der Waals surface area (Å²) >= 11 is 0. The van der Waals surface area contributed by atoms with Crippen molar-refractivity contribution in [3.8, 4) is 0 Å². The first-order valence-electron chi connectivity index (χ1n) is 16.5.